The fourth-order valence-electron chi connectivity index (χ4n) is 6.72. The summed E-state index contributed by atoms with van der Waals surface area (Å²) >= 11 is 0. The van der Waals surface area contributed by atoms with Crippen LogP contribution in [0.1, 0.15) is 19.3 Å². The SMILES string of the molecule is CO[C@@H]1C[C@@H](COc2nc(N3CCC4CNC(C4)C3)c3cnc(-c4cc(O)cc5ccccc45)c(F)c3n2)N(C)C1. The summed E-state index contributed by atoms with van der Waals surface area (Å²) in [6.45, 7) is 3.87. The van der Waals surface area contributed by atoms with Crippen molar-refractivity contribution in [3.63, 3.8) is 0 Å². The molecule has 2 bridgehead atoms. The van der Waals surface area contributed by atoms with Crippen molar-refractivity contribution < 1.29 is 19.0 Å². The van der Waals surface area contributed by atoms with Crippen molar-refractivity contribution in [2.24, 2.45) is 5.92 Å². The highest BCUT2D eigenvalue weighted by Crippen LogP contribution is 2.37. The van der Waals surface area contributed by atoms with E-state index in [1.807, 2.05) is 24.3 Å². The van der Waals surface area contributed by atoms with Crippen LogP contribution in [-0.2, 0) is 4.74 Å². The second kappa shape index (κ2) is 10.7. The lowest BCUT2D eigenvalue weighted by Crippen LogP contribution is -2.39. The molecule has 4 atom stereocenters. The number of ether oxygens (including phenoxy) is 2. The van der Waals surface area contributed by atoms with Crippen LogP contribution in [0.25, 0.3) is 32.9 Å². The van der Waals surface area contributed by atoms with E-state index in [9.17, 15) is 5.11 Å². The molecular formula is C31H35FN6O3. The molecule has 0 spiro atoms. The van der Waals surface area contributed by atoms with Crippen LogP contribution in [-0.4, -0.2) is 90.1 Å². The predicted octanol–water partition coefficient (Wildman–Crippen LogP) is 3.98. The van der Waals surface area contributed by atoms with Gasteiger partial charge in [0.2, 0.25) is 0 Å². The lowest BCUT2D eigenvalue weighted by atomic mass is 10.0. The number of pyridine rings is 1. The van der Waals surface area contributed by atoms with Crippen LogP contribution < -0.4 is 15.0 Å². The second-order valence-electron chi connectivity index (χ2n) is 11.7. The summed E-state index contributed by atoms with van der Waals surface area (Å²) in [6, 6.07) is 11.5. The second-order valence-corrected chi connectivity index (χ2v) is 11.7. The van der Waals surface area contributed by atoms with Crippen LogP contribution in [0, 0.1) is 11.7 Å². The monoisotopic (exact) mass is 558 g/mol. The quantitative estimate of drug-likeness (QED) is 0.364. The molecule has 3 aliphatic heterocycles. The molecule has 2 aromatic carbocycles. The van der Waals surface area contributed by atoms with E-state index in [0.29, 0.717) is 35.3 Å². The Balaban J connectivity index is 1.32. The minimum absolute atomic E-state index is 0.0505. The molecular weight excluding hydrogens is 523 g/mol. The van der Waals surface area contributed by atoms with E-state index in [1.165, 1.54) is 0 Å². The zero-order chi connectivity index (χ0) is 28.1. The highest BCUT2D eigenvalue weighted by atomic mass is 19.1. The van der Waals surface area contributed by atoms with Crippen molar-refractivity contribution >= 4 is 27.5 Å². The summed E-state index contributed by atoms with van der Waals surface area (Å²) < 4.78 is 28.3. The van der Waals surface area contributed by atoms with Crippen molar-refractivity contribution in [3.05, 3.63) is 48.4 Å². The molecule has 9 nitrogen and oxygen atoms in total. The van der Waals surface area contributed by atoms with Gasteiger partial charge in [0.05, 0.1) is 11.5 Å². The fourth-order valence-corrected chi connectivity index (χ4v) is 6.72. The van der Waals surface area contributed by atoms with Crippen molar-refractivity contribution in [2.45, 2.75) is 37.5 Å². The first-order chi connectivity index (χ1) is 20.0. The maximum Gasteiger partial charge on any atom is 0.319 e. The summed E-state index contributed by atoms with van der Waals surface area (Å²) in [7, 11) is 3.78. The number of nitrogens with zero attached hydrogens (tertiary/aromatic N) is 5. The van der Waals surface area contributed by atoms with Crippen molar-refractivity contribution in [1.82, 2.24) is 25.2 Å². The summed E-state index contributed by atoms with van der Waals surface area (Å²) in [6.07, 6.45) is 4.85. The number of aromatic hydroxyl groups is 1. The lowest BCUT2D eigenvalue weighted by molar-refractivity contribution is 0.111. The third-order valence-electron chi connectivity index (χ3n) is 8.99. The van der Waals surface area contributed by atoms with Crippen LogP contribution in [0.2, 0.25) is 0 Å². The number of likely N-dealkylation sites (N-methyl/N-ethyl adjacent to an activating group) is 1. The van der Waals surface area contributed by atoms with Gasteiger partial charge in [-0.2, -0.15) is 9.97 Å². The molecule has 214 valence electrons. The number of phenols is 1. The maximum atomic E-state index is 16.5. The number of fused-ring (bicyclic) bond motifs is 4. The molecule has 2 N–H and O–H groups in total. The first kappa shape index (κ1) is 26.3. The van der Waals surface area contributed by atoms with E-state index in [1.54, 1.807) is 25.4 Å². The van der Waals surface area contributed by atoms with Gasteiger partial charge in [0.25, 0.3) is 0 Å². The third-order valence-corrected chi connectivity index (χ3v) is 8.99. The number of rotatable bonds is 6. The van der Waals surface area contributed by atoms with Crippen LogP contribution in [0.4, 0.5) is 10.2 Å². The lowest BCUT2D eigenvalue weighted by Gasteiger charge is -2.28. The Morgan fingerprint density at radius 1 is 1.12 bits per heavy atom. The van der Waals surface area contributed by atoms with E-state index in [-0.39, 0.29) is 35.1 Å². The van der Waals surface area contributed by atoms with E-state index in [2.05, 4.69) is 32.1 Å². The van der Waals surface area contributed by atoms with Crippen molar-refractivity contribution in [3.8, 4) is 23.0 Å². The standard InChI is InChI=1S/C31H35FN6O3/c1-37-16-23(40-2)11-21(37)17-41-31-35-29-26(30(36-31)38-8-7-18-9-20(15-38)33-13-18)14-34-28(27(29)32)25-12-22(39)10-19-5-3-4-6-24(19)25/h3-6,10,12,14,18,20-21,23,33,39H,7-9,11,13,15-17H2,1-2H3/t18?,20?,21-,23+/m0/s1. The average Bonchev–Trinajstić information content (AvgIpc) is 3.51. The normalized spacial score (nSPS) is 24.8. The number of hydrogen-bond donors (Lipinski definition) is 2. The molecule has 3 saturated heterocycles. The van der Waals surface area contributed by atoms with Crippen molar-refractivity contribution in [1.29, 1.82) is 0 Å². The smallest absolute Gasteiger partial charge is 0.319 e. The molecule has 2 aromatic heterocycles. The van der Waals surface area contributed by atoms with E-state index >= 15 is 4.39 Å². The number of phenolic OH excluding ortho intramolecular Hbond substituents is 1. The van der Waals surface area contributed by atoms with Crippen molar-refractivity contribution in [2.75, 3.05) is 51.8 Å². The number of halogens is 1. The molecule has 0 saturated carbocycles. The number of nitrogens with one attached hydrogen (secondary N) is 1. The average molecular weight is 559 g/mol. The topological polar surface area (TPSA) is 95.9 Å². The Hall–Kier alpha value is -3.60. The van der Waals surface area contributed by atoms with Gasteiger partial charge in [-0.15, -0.1) is 0 Å². The molecule has 4 aromatic rings. The fraction of sp³-hybridized carbons (Fsp3) is 0.452. The van der Waals surface area contributed by atoms with Gasteiger partial charge in [-0.1, -0.05) is 24.3 Å². The Kier molecular flexibility index (Phi) is 6.84. The molecule has 7 rings (SSSR count). The molecule has 0 radical (unpaired) electrons. The van der Waals surface area contributed by atoms with Gasteiger partial charge in [0.1, 0.15) is 29.4 Å². The molecule has 5 heterocycles. The minimum atomic E-state index is -0.557. The minimum Gasteiger partial charge on any atom is -0.508 e. The first-order valence-corrected chi connectivity index (χ1v) is 14.4. The van der Waals surface area contributed by atoms with E-state index in [4.69, 9.17) is 14.5 Å². The van der Waals surface area contributed by atoms with Crippen LogP contribution in [0.15, 0.2) is 42.6 Å². The highest BCUT2D eigenvalue weighted by molar-refractivity contribution is 5.99. The molecule has 2 unspecified atom stereocenters. The van der Waals surface area contributed by atoms with Crippen LogP contribution >= 0.6 is 0 Å². The Bertz CT molecular complexity index is 1600. The summed E-state index contributed by atoms with van der Waals surface area (Å²) in [5, 5.41) is 16.2. The molecule has 3 fully saturated rings. The predicted molar refractivity (Wildman–Crippen MR) is 156 cm³/mol. The van der Waals surface area contributed by atoms with Crippen LogP contribution in [0.3, 0.4) is 0 Å². The molecule has 10 heteroatoms. The van der Waals surface area contributed by atoms with Gasteiger partial charge >= 0.3 is 6.01 Å². The first-order valence-electron chi connectivity index (χ1n) is 14.4. The number of hydrogen-bond acceptors (Lipinski definition) is 9. The highest BCUT2D eigenvalue weighted by Gasteiger charge is 2.33. The van der Waals surface area contributed by atoms with Gasteiger partial charge in [-0.25, -0.2) is 4.39 Å². The molecule has 0 aliphatic carbocycles. The number of aromatic nitrogens is 3. The Morgan fingerprint density at radius 2 is 2.00 bits per heavy atom. The van der Waals surface area contributed by atoms with Gasteiger partial charge < -0.3 is 24.8 Å². The number of benzene rings is 2. The Labute approximate surface area is 238 Å². The van der Waals surface area contributed by atoms with E-state index < -0.39 is 5.82 Å². The van der Waals surface area contributed by atoms with Gasteiger partial charge in [-0.3, -0.25) is 9.88 Å². The van der Waals surface area contributed by atoms with Gasteiger partial charge in [-0.05, 0) is 61.7 Å². The number of methoxy groups -OCH3 is 1. The molecule has 41 heavy (non-hydrogen) atoms. The summed E-state index contributed by atoms with van der Waals surface area (Å²) in [5.74, 6) is 0.779. The number of anilines is 1. The molecule has 0 amide bonds. The van der Waals surface area contributed by atoms with Gasteiger partial charge in [0.15, 0.2) is 5.82 Å². The molecule has 3 aliphatic rings. The zero-order valence-corrected chi connectivity index (χ0v) is 23.4. The van der Waals surface area contributed by atoms with Gasteiger partial charge in [0, 0.05) is 50.6 Å². The van der Waals surface area contributed by atoms with E-state index in [0.717, 1.165) is 56.2 Å². The zero-order valence-electron chi connectivity index (χ0n) is 23.4. The Morgan fingerprint density at radius 3 is 2.85 bits per heavy atom. The summed E-state index contributed by atoms with van der Waals surface area (Å²) in [4.78, 5) is 18.5. The number of likely N-dealkylation sites (tertiary alicyclic amines) is 1. The summed E-state index contributed by atoms with van der Waals surface area (Å²) in [5.41, 5.74) is 0.812. The third kappa shape index (κ3) is 4.94. The van der Waals surface area contributed by atoms with Crippen LogP contribution in [0.5, 0.6) is 11.8 Å². The maximum absolute atomic E-state index is 16.5. The largest absolute Gasteiger partial charge is 0.508 e.